The summed E-state index contributed by atoms with van der Waals surface area (Å²) in [5, 5.41) is 2.93. The van der Waals surface area contributed by atoms with E-state index in [2.05, 4.69) is 10.2 Å². The molecule has 0 radical (unpaired) electrons. The van der Waals surface area contributed by atoms with Crippen LogP contribution in [0, 0.1) is 5.92 Å². The van der Waals surface area contributed by atoms with Crippen LogP contribution in [0.15, 0.2) is 0 Å². The van der Waals surface area contributed by atoms with Crippen molar-refractivity contribution in [2.24, 2.45) is 5.92 Å². The highest BCUT2D eigenvalue weighted by Crippen LogP contribution is 2.24. The molecule has 1 atom stereocenters. The molecule has 2 fully saturated rings. The highest BCUT2D eigenvalue weighted by Gasteiger charge is 2.30. The molecule has 0 aromatic carbocycles. The van der Waals surface area contributed by atoms with Crippen LogP contribution in [0.4, 0.5) is 4.79 Å². The number of rotatable bonds is 4. The summed E-state index contributed by atoms with van der Waals surface area (Å²) in [5.41, 5.74) is 0. The van der Waals surface area contributed by atoms with Crippen LogP contribution in [-0.4, -0.2) is 67.2 Å². The van der Waals surface area contributed by atoms with Gasteiger partial charge < -0.3 is 19.9 Å². The number of nitrogens with one attached hydrogen (secondary N) is 1. The average molecular weight is 356 g/mol. The lowest BCUT2D eigenvalue weighted by molar-refractivity contribution is -0.126. The SMILES string of the molecule is CC.CCNC(=O)C1CCN(C2CCCN(C(=O)OCC)CC2)CC1. The van der Waals surface area contributed by atoms with Crippen molar-refractivity contribution in [1.82, 2.24) is 15.1 Å². The zero-order chi connectivity index (χ0) is 18.7. The lowest BCUT2D eigenvalue weighted by atomic mass is 9.93. The summed E-state index contributed by atoms with van der Waals surface area (Å²) in [7, 11) is 0. The van der Waals surface area contributed by atoms with E-state index in [1.807, 2.05) is 32.6 Å². The summed E-state index contributed by atoms with van der Waals surface area (Å²) in [6, 6.07) is 0.532. The summed E-state index contributed by atoms with van der Waals surface area (Å²) >= 11 is 0. The van der Waals surface area contributed by atoms with Gasteiger partial charge in [-0.15, -0.1) is 0 Å². The average Bonchev–Trinajstić information content (AvgIpc) is 2.90. The predicted octanol–water partition coefficient (Wildman–Crippen LogP) is 2.87. The van der Waals surface area contributed by atoms with Crippen LogP contribution in [-0.2, 0) is 9.53 Å². The van der Waals surface area contributed by atoms with Gasteiger partial charge >= 0.3 is 6.09 Å². The zero-order valence-electron chi connectivity index (χ0n) is 16.6. The minimum atomic E-state index is -0.178. The van der Waals surface area contributed by atoms with Crippen molar-refractivity contribution < 1.29 is 14.3 Å². The first-order valence-corrected chi connectivity index (χ1v) is 10.1. The monoisotopic (exact) mass is 355 g/mol. The van der Waals surface area contributed by atoms with E-state index >= 15 is 0 Å². The predicted molar refractivity (Wildman–Crippen MR) is 101 cm³/mol. The molecule has 0 aliphatic carbocycles. The third-order valence-corrected chi connectivity index (χ3v) is 4.99. The third-order valence-electron chi connectivity index (χ3n) is 4.99. The Morgan fingerprint density at radius 3 is 2.28 bits per heavy atom. The van der Waals surface area contributed by atoms with Gasteiger partial charge in [-0.3, -0.25) is 4.79 Å². The van der Waals surface area contributed by atoms with Gasteiger partial charge in [0.05, 0.1) is 6.61 Å². The molecule has 6 nitrogen and oxygen atoms in total. The second-order valence-corrected chi connectivity index (χ2v) is 6.48. The molecular formula is C19H37N3O3. The molecule has 1 unspecified atom stereocenters. The normalized spacial score (nSPS) is 22.4. The molecule has 2 heterocycles. The molecule has 0 spiro atoms. The highest BCUT2D eigenvalue weighted by molar-refractivity contribution is 5.78. The molecule has 2 amide bonds. The Hall–Kier alpha value is -1.30. The second kappa shape index (κ2) is 12.1. The summed E-state index contributed by atoms with van der Waals surface area (Å²) in [6.07, 6.45) is 4.88. The molecule has 146 valence electrons. The fourth-order valence-corrected chi connectivity index (χ4v) is 3.69. The molecular weight excluding hydrogens is 318 g/mol. The second-order valence-electron chi connectivity index (χ2n) is 6.48. The van der Waals surface area contributed by atoms with E-state index in [9.17, 15) is 9.59 Å². The smallest absolute Gasteiger partial charge is 0.409 e. The van der Waals surface area contributed by atoms with Gasteiger partial charge in [-0.2, -0.15) is 0 Å². The number of nitrogens with zero attached hydrogens (tertiary/aromatic N) is 2. The van der Waals surface area contributed by atoms with Crippen LogP contribution >= 0.6 is 0 Å². The number of piperidine rings is 1. The number of carbonyl (C=O) groups is 2. The van der Waals surface area contributed by atoms with Crippen LogP contribution in [0.2, 0.25) is 0 Å². The maximum Gasteiger partial charge on any atom is 0.409 e. The van der Waals surface area contributed by atoms with E-state index in [0.717, 1.165) is 58.3 Å². The lowest BCUT2D eigenvalue weighted by Crippen LogP contribution is -2.45. The molecule has 2 rings (SSSR count). The van der Waals surface area contributed by atoms with Gasteiger partial charge in [0.25, 0.3) is 0 Å². The Bertz CT molecular complexity index is 395. The molecule has 6 heteroatoms. The number of hydrogen-bond donors (Lipinski definition) is 1. The Kier molecular flexibility index (Phi) is 10.5. The topological polar surface area (TPSA) is 61.9 Å². The number of amides is 2. The van der Waals surface area contributed by atoms with E-state index in [4.69, 9.17) is 4.74 Å². The number of hydrogen-bond acceptors (Lipinski definition) is 4. The molecule has 2 saturated heterocycles. The lowest BCUT2D eigenvalue weighted by Gasteiger charge is -2.36. The van der Waals surface area contributed by atoms with Gasteiger partial charge in [0.2, 0.25) is 5.91 Å². The molecule has 0 aromatic heterocycles. The van der Waals surface area contributed by atoms with Gasteiger partial charge in [0.1, 0.15) is 0 Å². The number of likely N-dealkylation sites (tertiary alicyclic amines) is 2. The van der Waals surface area contributed by atoms with E-state index in [1.165, 1.54) is 0 Å². The number of carbonyl (C=O) groups excluding carboxylic acids is 2. The zero-order valence-corrected chi connectivity index (χ0v) is 16.6. The van der Waals surface area contributed by atoms with E-state index in [-0.39, 0.29) is 17.9 Å². The van der Waals surface area contributed by atoms with Crippen molar-refractivity contribution in [2.45, 2.75) is 65.8 Å². The van der Waals surface area contributed by atoms with Crippen LogP contribution in [0.5, 0.6) is 0 Å². The van der Waals surface area contributed by atoms with Crippen molar-refractivity contribution in [2.75, 3.05) is 39.3 Å². The maximum atomic E-state index is 11.9. The van der Waals surface area contributed by atoms with Crippen LogP contribution in [0.3, 0.4) is 0 Å². The van der Waals surface area contributed by atoms with Gasteiger partial charge in [-0.05, 0) is 59.0 Å². The fraction of sp³-hybridized carbons (Fsp3) is 0.895. The van der Waals surface area contributed by atoms with Gasteiger partial charge in [0, 0.05) is 31.6 Å². The maximum absolute atomic E-state index is 11.9. The molecule has 0 bridgehead atoms. The Morgan fingerprint density at radius 1 is 1.00 bits per heavy atom. The summed E-state index contributed by atoms with van der Waals surface area (Å²) in [5.74, 6) is 0.384. The van der Waals surface area contributed by atoms with E-state index in [0.29, 0.717) is 19.2 Å². The standard InChI is InChI=1S/C17H31N3O3.C2H6/c1-3-18-16(21)14-7-11-19(12-8-14)15-6-5-10-20(13-9-15)17(22)23-4-2;1-2/h14-15H,3-13H2,1-2H3,(H,18,21);1-2H3. The van der Waals surface area contributed by atoms with Gasteiger partial charge in [0.15, 0.2) is 0 Å². The molecule has 0 saturated carbocycles. The molecule has 1 N–H and O–H groups in total. The first-order chi connectivity index (χ1) is 12.2. The molecule has 0 aromatic rings. The Balaban J connectivity index is 0.00000151. The minimum absolute atomic E-state index is 0.174. The number of ether oxygens (including phenoxy) is 1. The van der Waals surface area contributed by atoms with Crippen molar-refractivity contribution in [3.05, 3.63) is 0 Å². The summed E-state index contributed by atoms with van der Waals surface area (Å²) < 4.78 is 5.11. The Labute approximate surface area is 153 Å². The van der Waals surface area contributed by atoms with Gasteiger partial charge in [-0.25, -0.2) is 4.79 Å². The van der Waals surface area contributed by atoms with Crippen molar-refractivity contribution in [1.29, 1.82) is 0 Å². The first-order valence-electron chi connectivity index (χ1n) is 10.1. The van der Waals surface area contributed by atoms with Crippen LogP contribution in [0.25, 0.3) is 0 Å². The van der Waals surface area contributed by atoms with Crippen molar-refractivity contribution >= 4 is 12.0 Å². The first kappa shape index (κ1) is 21.7. The summed E-state index contributed by atoms with van der Waals surface area (Å²) in [4.78, 5) is 28.1. The molecule has 25 heavy (non-hydrogen) atoms. The fourth-order valence-electron chi connectivity index (χ4n) is 3.69. The molecule has 2 aliphatic heterocycles. The molecule has 2 aliphatic rings. The van der Waals surface area contributed by atoms with Crippen LogP contribution < -0.4 is 5.32 Å². The van der Waals surface area contributed by atoms with E-state index in [1.54, 1.807) is 0 Å². The summed E-state index contributed by atoms with van der Waals surface area (Å²) in [6.45, 7) is 12.5. The van der Waals surface area contributed by atoms with Crippen molar-refractivity contribution in [3.8, 4) is 0 Å². The minimum Gasteiger partial charge on any atom is -0.450 e. The highest BCUT2D eigenvalue weighted by atomic mass is 16.6. The largest absolute Gasteiger partial charge is 0.450 e. The van der Waals surface area contributed by atoms with E-state index < -0.39 is 0 Å². The Morgan fingerprint density at radius 2 is 1.68 bits per heavy atom. The van der Waals surface area contributed by atoms with Crippen molar-refractivity contribution in [3.63, 3.8) is 0 Å². The quantitative estimate of drug-likeness (QED) is 0.842. The van der Waals surface area contributed by atoms with Gasteiger partial charge in [-0.1, -0.05) is 13.8 Å². The third kappa shape index (κ3) is 6.84. The van der Waals surface area contributed by atoms with Crippen LogP contribution in [0.1, 0.15) is 59.8 Å².